The Morgan fingerprint density at radius 1 is 1.24 bits per heavy atom. The minimum absolute atomic E-state index is 0.0645. The summed E-state index contributed by atoms with van der Waals surface area (Å²) >= 11 is 0. The standard InChI is InChI=1S/C19H29N3O3/c1-21(2)17(15-8-10-16(25-3)11-9-15)13-20-18(23)14-22-12-6-4-5-7-19(22)24/h8-11,17H,4-7,12-14H2,1-3H3,(H,20,23)/t17-/m1/s1. The number of nitrogens with one attached hydrogen (secondary N) is 1. The summed E-state index contributed by atoms with van der Waals surface area (Å²) < 4.78 is 5.19. The fourth-order valence-corrected chi connectivity index (χ4v) is 3.07. The number of amides is 2. The molecule has 1 heterocycles. The zero-order chi connectivity index (χ0) is 18.2. The molecule has 1 aromatic carbocycles. The van der Waals surface area contributed by atoms with Crippen molar-refractivity contribution in [1.82, 2.24) is 15.1 Å². The number of nitrogens with zero attached hydrogens (tertiary/aromatic N) is 2. The lowest BCUT2D eigenvalue weighted by molar-refractivity contribution is -0.135. The maximum absolute atomic E-state index is 12.3. The van der Waals surface area contributed by atoms with E-state index in [4.69, 9.17) is 4.74 Å². The van der Waals surface area contributed by atoms with Crippen LogP contribution in [0.2, 0.25) is 0 Å². The fraction of sp³-hybridized carbons (Fsp3) is 0.579. The van der Waals surface area contributed by atoms with Crippen LogP contribution in [0.4, 0.5) is 0 Å². The average Bonchev–Trinajstić information content (AvgIpc) is 2.80. The van der Waals surface area contributed by atoms with Crippen LogP contribution in [0.25, 0.3) is 0 Å². The SMILES string of the molecule is COc1ccc([C@@H](CNC(=O)CN2CCCCCC2=O)N(C)C)cc1. The predicted octanol–water partition coefficient (Wildman–Crippen LogP) is 1.82. The third-order valence-electron chi connectivity index (χ3n) is 4.62. The van der Waals surface area contributed by atoms with Gasteiger partial charge in [0.2, 0.25) is 11.8 Å². The second-order valence-corrected chi connectivity index (χ2v) is 6.68. The number of hydrogen-bond acceptors (Lipinski definition) is 4. The Hall–Kier alpha value is -2.08. The van der Waals surface area contributed by atoms with Crippen molar-refractivity contribution in [2.24, 2.45) is 0 Å². The van der Waals surface area contributed by atoms with Crippen LogP contribution in [-0.2, 0) is 9.59 Å². The number of carbonyl (C=O) groups is 2. The van der Waals surface area contributed by atoms with Crippen LogP contribution < -0.4 is 10.1 Å². The summed E-state index contributed by atoms with van der Waals surface area (Å²) in [6.45, 7) is 1.34. The lowest BCUT2D eigenvalue weighted by atomic mass is 10.1. The van der Waals surface area contributed by atoms with E-state index in [9.17, 15) is 9.59 Å². The second-order valence-electron chi connectivity index (χ2n) is 6.68. The highest BCUT2D eigenvalue weighted by Gasteiger charge is 2.20. The first-order valence-electron chi connectivity index (χ1n) is 8.86. The van der Waals surface area contributed by atoms with E-state index in [-0.39, 0.29) is 24.4 Å². The van der Waals surface area contributed by atoms with Gasteiger partial charge in [0.05, 0.1) is 19.7 Å². The van der Waals surface area contributed by atoms with Gasteiger partial charge in [0.1, 0.15) is 5.75 Å². The Morgan fingerprint density at radius 2 is 1.96 bits per heavy atom. The Bertz CT molecular complexity index is 572. The molecule has 1 atom stereocenters. The Morgan fingerprint density at radius 3 is 2.60 bits per heavy atom. The van der Waals surface area contributed by atoms with E-state index in [1.54, 1.807) is 12.0 Å². The summed E-state index contributed by atoms with van der Waals surface area (Å²) in [6, 6.07) is 7.92. The number of ether oxygens (including phenoxy) is 1. The highest BCUT2D eigenvalue weighted by atomic mass is 16.5. The predicted molar refractivity (Wildman–Crippen MR) is 97.5 cm³/mol. The number of likely N-dealkylation sites (N-methyl/N-ethyl adjacent to an activating group) is 1. The van der Waals surface area contributed by atoms with Crippen LogP contribution in [0.15, 0.2) is 24.3 Å². The minimum Gasteiger partial charge on any atom is -0.497 e. The first kappa shape index (κ1) is 19.2. The topological polar surface area (TPSA) is 61.9 Å². The number of hydrogen-bond donors (Lipinski definition) is 1. The lowest BCUT2D eigenvalue weighted by Gasteiger charge is -2.26. The van der Waals surface area contributed by atoms with Gasteiger partial charge in [-0.2, -0.15) is 0 Å². The van der Waals surface area contributed by atoms with Gasteiger partial charge < -0.3 is 19.9 Å². The van der Waals surface area contributed by atoms with Crippen LogP contribution in [-0.4, -0.2) is 62.5 Å². The third-order valence-corrected chi connectivity index (χ3v) is 4.62. The van der Waals surface area contributed by atoms with Crippen molar-refractivity contribution in [3.8, 4) is 5.75 Å². The van der Waals surface area contributed by atoms with E-state index in [0.717, 1.165) is 30.6 Å². The summed E-state index contributed by atoms with van der Waals surface area (Å²) in [5.74, 6) is 0.799. The van der Waals surface area contributed by atoms with Gasteiger partial charge in [-0.05, 0) is 44.6 Å². The van der Waals surface area contributed by atoms with Crippen LogP contribution in [0.1, 0.15) is 37.3 Å². The number of carbonyl (C=O) groups excluding carboxylic acids is 2. The smallest absolute Gasteiger partial charge is 0.239 e. The molecule has 0 saturated carbocycles. The van der Waals surface area contributed by atoms with Crippen molar-refractivity contribution < 1.29 is 14.3 Å². The van der Waals surface area contributed by atoms with Crippen molar-refractivity contribution in [3.05, 3.63) is 29.8 Å². The van der Waals surface area contributed by atoms with Gasteiger partial charge in [-0.3, -0.25) is 9.59 Å². The van der Waals surface area contributed by atoms with Crippen molar-refractivity contribution in [3.63, 3.8) is 0 Å². The van der Waals surface area contributed by atoms with Gasteiger partial charge in [0, 0.05) is 19.5 Å². The van der Waals surface area contributed by atoms with Crippen molar-refractivity contribution in [2.45, 2.75) is 31.7 Å². The highest BCUT2D eigenvalue weighted by Crippen LogP contribution is 2.20. The molecule has 138 valence electrons. The van der Waals surface area contributed by atoms with E-state index in [1.165, 1.54) is 0 Å². The number of rotatable bonds is 7. The first-order chi connectivity index (χ1) is 12.0. The van der Waals surface area contributed by atoms with Crippen LogP contribution >= 0.6 is 0 Å². The normalized spacial score (nSPS) is 16.5. The number of benzene rings is 1. The fourth-order valence-electron chi connectivity index (χ4n) is 3.07. The molecule has 1 aromatic rings. The summed E-state index contributed by atoms with van der Waals surface area (Å²) in [6.07, 6.45) is 3.52. The molecular weight excluding hydrogens is 318 g/mol. The monoisotopic (exact) mass is 347 g/mol. The van der Waals surface area contributed by atoms with Crippen LogP contribution in [0.5, 0.6) is 5.75 Å². The zero-order valence-electron chi connectivity index (χ0n) is 15.5. The highest BCUT2D eigenvalue weighted by molar-refractivity contribution is 5.84. The van der Waals surface area contributed by atoms with E-state index in [0.29, 0.717) is 19.5 Å². The third kappa shape index (κ3) is 5.74. The first-order valence-corrected chi connectivity index (χ1v) is 8.86. The van der Waals surface area contributed by atoms with Crippen molar-refractivity contribution in [1.29, 1.82) is 0 Å². The second kappa shape index (κ2) is 9.42. The molecule has 6 nitrogen and oxygen atoms in total. The number of methoxy groups -OCH3 is 1. The molecule has 0 bridgehead atoms. The molecule has 0 aromatic heterocycles. The summed E-state index contributed by atoms with van der Waals surface area (Å²) in [5, 5.41) is 2.97. The molecule has 1 aliphatic heterocycles. The summed E-state index contributed by atoms with van der Waals surface area (Å²) in [4.78, 5) is 28.0. The van der Waals surface area contributed by atoms with Gasteiger partial charge in [0.25, 0.3) is 0 Å². The molecule has 2 rings (SSSR count). The Labute approximate surface area is 150 Å². The molecular formula is C19H29N3O3. The molecule has 0 spiro atoms. The number of likely N-dealkylation sites (tertiary alicyclic amines) is 1. The Balaban J connectivity index is 1.91. The molecule has 2 amide bonds. The molecule has 1 aliphatic rings. The molecule has 1 N–H and O–H groups in total. The van der Waals surface area contributed by atoms with E-state index < -0.39 is 0 Å². The van der Waals surface area contributed by atoms with Crippen molar-refractivity contribution >= 4 is 11.8 Å². The molecule has 0 aliphatic carbocycles. The summed E-state index contributed by atoms with van der Waals surface area (Å²) in [7, 11) is 5.61. The van der Waals surface area contributed by atoms with Gasteiger partial charge >= 0.3 is 0 Å². The quantitative estimate of drug-likeness (QED) is 0.817. The van der Waals surface area contributed by atoms with Gasteiger partial charge in [0.15, 0.2) is 0 Å². The van der Waals surface area contributed by atoms with Crippen LogP contribution in [0, 0.1) is 0 Å². The average molecular weight is 347 g/mol. The molecule has 6 heteroatoms. The van der Waals surface area contributed by atoms with E-state index in [2.05, 4.69) is 10.2 Å². The van der Waals surface area contributed by atoms with Gasteiger partial charge in [-0.15, -0.1) is 0 Å². The minimum atomic E-state index is -0.101. The molecule has 0 unspecified atom stereocenters. The zero-order valence-corrected chi connectivity index (χ0v) is 15.5. The van der Waals surface area contributed by atoms with E-state index >= 15 is 0 Å². The lowest BCUT2D eigenvalue weighted by Crippen LogP contribution is -2.42. The van der Waals surface area contributed by atoms with Gasteiger partial charge in [-0.1, -0.05) is 18.6 Å². The van der Waals surface area contributed by atoms with E-state index in [1.807, 2.05) is 38.4 Å². The largest absolute Gasteiger partial charge is 0.497 e. The molecule has 25 heavy (non-hydrogen) atoms. The Kier molecular flexibility index (Phi) is 7.25. The molecule has 0 radical (unpaired) electrons. The van der Waals surface area contributed by atoms with Gasteiger partial charge in [-0.25, -0.2) is 0 Å². The molecule has 1 fully saturated rings. The summed E-state index contributed by atoms with van der Waals surface area (Å²) in [5.41, 5.74) is 1.11. The van der Waals surface area contributed by atoms with Crippen LogP contribution in [0.3, 0.4) is 0 Å². The maximum atomic E-state index is 12.3. The molecule has 1 saturated heterocycles. The van der Waals surface area contributed by atoms with Crippen molar-refractivity contribution in [2.75, 3.05) is 40.8 Å². The maximum Gasteiger partial charge on any atom is 0.239 e.